The van der Waals surface area contributed by atoms with E-state index in [0.29, 0.717) is 31.8 Å². The number of benzene rings is 1. The van der Waals surface area contributed by atoms with Crippen molar-refractivity contribution in [2.45, 2.75) is 43.8 Å². The molecule has 1 saturated carbocycles. The number of pyridine rings is 1. The van der Waals surface area contributed by atoms with Gasteiger partial charge in [-0.25, -0.2) is 9.67 Å². The molecule has 0 saturated heterocycles. The highest BCUT2D eigenvalue weighted by Gasteiger charge is 2.40. The second-order valence-electron chi connectivity index (χ2n) is 10.4. The minimum atomic E-state index is -4.49. The molecule has 1 aromatic carbocycles. The first-order valence-electron chi connectivity index (χ1n) is 13.3. The van der Waals surface area contributed by atoms with Gasteiger partial charge in [0.15, 0.2) is 6.61 Å². The predicted molar refractivity (Wildman–Crippen MR) is 139 cm³/mol. The fourth-order valence-electron chi connectivity index (χ4n) is 5.60. The summed E-state index contributed by atoms with van der Waals surface area (Å²) < 4.78 is 44.1. The van der Waals surface area contributed by atoms with Crippen molar-refractivity contribution in [1.29, 1.82) is 0 Å². The van der Waals surface area contributed by atoms with Crippen LogP contribution in [0.15, 0.2) is 55.3 Å². The molecule has 208 valence electrons. The largest absolute Gasteiger partial charge is 0.468 e. The zero-order chi connectivity index (χ0) is 28.0. The van der Waals surface area contributed by atoms with Crippen LogP contribution in [0.4, 0.5) is 13.2 Å². The Balaban J connectivity index is 1.31. The number of ether oxygens (including phenoxy) is 1. The van der Waals surface area contributed by atoms with Crippen molar-refractivity contribution in [3.63, 3.8) is 0 Å². The first kappa shape index (κ1) is 26.1. The van der Waals surface area contributed by atoms with Crippen LogP contribution >= 0.6 is 0 Å². The number of hydrogen-bond acceptors (Lipinski definition) is 5. The monoisotopic (exact) mass is 551 g/mol. The molecule has 8 nitrogen and oxygen atoms in total. The lowest BCUT2D eigenvalue weighted by Crippen LogP contribution is -2.45. The van der Waals surface area contributed by atoms with Gasteiger partial charge in [-0.1, -0.05) is 18.7 Å². The zero-order valence-electron chi connectivity index (χ0n) is 21.7. The van der Waals surface area contributed by atoms with Gasteiger partial charge in [0.05, 0.1) is 28.7 Å². The number of carbonyl (C=O) groups is 2. The number of alkyl halides is 3. The number of rotatable bonds is 6. The van der Waals surface area contributed by atoms with Gasteiger partial charge in [-0.2, -0.15) is 18.3 Å². The second kappa shape index (κ2) is 10.1. The molecule has 0 spiro atoms. The third-order valence-corrected chi connectivity index (χ3v) is 7.71. The highest BCUT2D eigenvalue weighted by Crippen LogP contribution is 2.41. The van der Waals surface area contributed by atoms with E-state index in [2.05, 4.69) is 40.6 Å². The summed E-state index contributed by atoms with van der Waals surface area (Å²) in [6.45, 7) is 3.26. The molecule has 6 rings (SSSR count). The molecule has 0 radical (unpaired) electrons. The normalized spacial score (nSPS) is 18.6. The van der Waals surface area contributed by atoms with Crippen LogP contribution in [0.5, 0.6) is 5.88 Å². The Morgan fingerprint density at radius 2 is 1.85 bits per heavy atom. The van der Waals surface area contributed by atoms with Crippen molar-refractivity contribution in [3.05, 3.63) is 83.3 Å². The van der Waals surface area contributed by atoms with Gasteiger partial charge in [0, 0.05) is 50.3 Å². The van der Waals surface area contributed by atoms with E-state index in [9.17, 15) is 22.8 Å². The number of amides is 2. The molecular weight excluding hydrogens is 523 g/mol. The van der Waals surface area contributed by atoms with Crippen molar-refractivity contribution in [1.82, 2.24) is 24.6 Å². The molecule has 4 heterocycles. The number of aromatic nitrogens is 3. The number of carbonyl (C=O) groups excluding carboxylic acids is 2. The van der Waals surface area contributed by atoms with E-state index in [1.165, 1.54) is 42.8 Å². The van der Waals surface area contributed by atoms with Gasteiger partial charge in [-0.3, -0.25) is 9.59 Å². The summed E-state index contributed by atoms with van der Waals surface area (Å²) in [4.78, 5) is 33.6. The van der Waals surface area contributed by atoms with Crippen LogP contribution in [0.3, 0.4) is 0 Å². The molecule has 11 heteroatoms. The van der Waals surface area contributed by atoms with Gasteiger partial charge in [0.25, 0.3) is 5.91 Å². The Morgan fingerprint density at radius 1 is 1.07 bits per heavy atom. The molecule has 0 N–H and O–H groups in total. The Hall–Kier alpha value is -4.15. The van der Waals surface area contributed by atoms with E-state index >= 15 is 0 Å². The molecule has 40 heavy (non-hydrogen) atoms. The number of halogens is 3. The second-order valence-corrected chi connectivity index (χ2v) is 10.4. The van der Waals surface area contributed by atoms with Crippen LogP contribution in [-0.2, 0) is 17.6 Å². The van der Waals surface area contributed by atoms with Crippen LogP contribution < -0.4 is 4.74 Å². The average molecular weight is 552 g/mol. The van der Waals surface area contributed by atoms with E-state index < -0.39 is 18.8 Å². The highest BCUT2D eigenvalue weighted by molar-refractivity contribution is 5.94. The van der Waals surface area contributed by atoms with Crippen molar-refractivity contribution < 1.29 is 27.5 Å². The molecule has 1 atom stereocenters. The van der Waals surface area contributed by atoms with E-state index in [1.807, 2.05) is 4.68 Å². The predicted octanol–water partition coefficient (Wildman–Crippen LogP) is 4.40. The Morgan fingerprint density at radius 3 is 2.50 bits per heavy atom. The summed E-state index contributed by atoms with van der Waals surface area (Å²) in [6, 6.07) is 10.7. The minimum absolute atomic E-state index is 0.219. The quantitative estimate of drug-likeness (QED) is 0.425. The smallest absolute Gasteiger partial charge is 0.422 e. The Labute approximate surface area is 229 Å². The number of nitrogens with zero attached hydrogens (tertiary/aromatic N) is 5. The summed E-state index contributed by atoms with van der Waals surface area (Å²) in [5, 5.41) is 4.96. The first-order valence-corrected chi connectivity index (χ1v) is 13.3. The molecule has 1 fully saturated rings. The van der Waals surface area contributed by atoms with Gasteiger partial charge in [0.2, 0.25) is 11.8 Å². The maximum Gasteiger partial charge on any atom is 0.422 e. The van der Waals surface area contributed by atoms with Crippen LogP contribution in [0.1, 0.15) is 57.7 Å². The van der Waals surface area contributed by atoms with Crippen molar-refractivity contribution in [2.75, 3.05) is 26.2 Å². The Kier molecular flexibility index (Phi) is 6.59. The molecule has 3 aromatic rings. The van der Waals surface area contributed by atoms with Gasteiger partial charge < -0.3 is 14.5 Å². The van der Waals surface area contributed by atoms with Crippen LogP contribution in [-0.4, -0.2) is 68.8 Å². The van der Waals surface area contributed by atoms with Crippen LogP contribution in [0.2, 0.25) is 0 Å². The standard InChI is InChI=1S/C29H28F3N5O3/c1-2-26(38)35-13-11-22-27-23(37(34-22)21-8-5-19(6-9-21)18-3-4-18)12-14-36(24(27)16-35)28(39)20-7-10-25(33-15-20)40-17-29(30,31)32/h2,5-10,15,18,24H,1,3-4,11-14,16-17H2/t24-/m1/s1. The summed E-state index contributed by atoms with van der Waals surface area (Å²) in [5.74, 6) is -0.117. The van der Waals surface area contributed by atoms with Crippen molar-refractivity contribution in [2.24, 2.45) is 0 Å². The van der Waals surface area contributed by atoms with Gasteiger partial charge in [-0.05, 0) is 48.6 Å². The maximum absolute atomic E-state index is 13.7. The molecule has 2 aromatic heterocycles. The molecule has 0 unspecified atom stereocenters. The van der Waals surface area contributed by atoms with Gasteiger partial charge in [0.1, 0.15) is 0 Å². The average Bonchev–Trinajstić information content (AvgIpc) is 3.76. The summed E-state index contributed by atoms with van der Waals surface area (Å²) in [7, 11) is 0. The van der Waals surface area contributed by atoms with Gasteiger partial charge in [-0.15, -0.1) is 0 Å². The van der Waals surface area contributed by atoms with Crippen molar-refractivity contribution >= 4 is 11.8 Å². The topological polar surface area (TPSA) is 80.6 Å². The maximum atomic E-state index is 13.7. The Bertz CT molecular complexity index is 1450. The van der Waals surface area contributed by atoms with E-state index in [-0.39, 0.29) is 29.8 Å². The van der Waals surface area contributed by atoms with Crippen LogP contribution in [0, 0.1) is 0 Å². The SMILES string of the molecule is C=CC(=O)N1CCc2nn(-c3ccc(C4CC4)cc3)c3c2[C@@H](C1)N(C(=O)c1ccc(OCC(F)(F)F)nc1)CC3. The van der Waals surface area contributed by atoms with Crippen molar-refractivity contribution in [3.8, 4) is 11.6 Å². The van der Waals surface area contributed by atoms with E-state index in [4.69, 9.17) is 5.10 Å². The molecular formula is C29H28F3N5O3. The minimum Gasteiger partial charge on any atom is -0.468 e. The lowest BCUT2D eigenvalue weighted by molar-refractivity contribution is -0.154. The third kappa shape index (κ3) is 5.07. The van der Waals surface area contributed by atoms with Gasteiger partial charge >= 0.3 is 6.18 Å². The summed E-state index contributed by atoms with van der Waals surface area (Å²) >= 11 is 0. The highest BCUT2D eigenvalue weighted by atomic mass is 19.4. The summed E-state index contributed by atoms with van der Waals surface area (Å²) in [6.07, 6.45) is 1.56. The summed E-state index contributed by atoms with van der Waals surface area (Å²) in [5.41, 5.74) is 5.33. The molecule has 3 aliphatic rings. The number of hydrogen-bond donors (Lipinski definition) is 0. The molecule has 0 bridgehead atoms. The van der Waals surface area contributed by atoms with E-state index in [0.717, 1.165) is 22.6 Å². The zero-order valence-corrected chi connectivity index (χ0v) is 21.7. The molecule has 1 aliphatic carbocycles. The lowest BCUT2D eigenvalue weighted by atomic mass is 9.95. The molecule has 2 aliphatic heterocycles. The lowest BCUT2D eigenvalue weighted by Gasteiger charge is -2.37. The fourth-order valence-corrected chi connectivity index (χ4v) is 5.60. The first-order chi connectivity index (χ1) is 19.2. The van der Waals surface area contributed by atoms with E-state index in [1.54, 1.807) is 9.80 Å². The third-order valence-electron chi connectivity index (χ3n) is 7.71. The fraction of sp³-hybridized carbons (Fsp3) is 0.379. The van der Waals surface area contributed by atoms with Crippen LogP contribution in [0.25, 0.3) is 5.69 Å². The molecule has 2 amide bonds.